The number of rotatable bonds is 5. The normalized spacial score (nSPS) is 11.7. The fraction of sp³-hybridized carbons (Fsp3) is 0.227. The second-order valence-corrected chi connectivity index (χ2v) is 9.16. The Labute approximate surface area is 174 Å². The Morgan fingerprint density at radius 2 is 1.63 bits per heavy atom. The van der Waals surface area contributed by atoms with Crippen LogP contribution in [0.4, 0.5) is 14.6 Å². The van der Waals surface area contributed by atoms with Gasteiger partial charge in [-0.15, -0.1) is 0 Å². The molecule has 0 aliphatic heterocycles. The van der Waals surface area contributed by atoms with E-state index >= 15 is 0 Å². The average molecular weight is 432 g/mol. The van der Waals surface area contributed by atoms with Crippen LogP contribution in [0, 0.1) is 25.5 Å². The lowest BCUT2D eigenvalue weighted by Crippen LogP contribution is -2.19. The van der Waals surface area contributed by atoms with Crippen molar-refractivity contribution in [2.45, 2.75) is 43.5 Å². The zero-order chi connectivity index (χ0) is 22.2. The third-order valence-electron chi connectivity index (χ3n) is 4.93. The Hall–Kier alpha value is -3.00. The molecule has 30 heavy (non-hydrogen) atoms. The van der Waals surface area contributed by atoms with Crippen LogP contribution in [0.15, 0.2) is 58.3 Å². The van der Waals surface area contributed by atoms with Gasteiger partial charge in [-0.2, -0.15) is 0 Å². The van der Waals surface area contributed by atoms with Gasteiger partial charge in [0.25, 0.3) is 5.91 Å². The van der Waals surface area contributed by atoms with E-state index in [-0.39, 0.29) is 27.2 Å². The number of hydrogen-bond donors (Lipinski definition) is 1. The molecule has 158 valence electrons. The Balaban J connectivity index is 2.20. The van der Waals surface area contributed by atoms with Gasteiger partial charge >= 0.3 is 0 Å². The SMILES string of the molecule is Cc1c(S(=O)(=O)c2ccc(F)cc2)c(NC(=O)c2cccc(F)c2)n(C(C)C)c1C. The maximum atomic E-state index is 13.6. The molecule has 0 aliphatic carbocycles. The molecule has 8 heteroatoms. The molecular formula is C22H22F2N2O3S. The lowest BCUT2D eigenvalue weighted by molar-refractivity contribution is 0.102. The van der Waals surface area contributed by atoms with E-state index in [1.165, 1.54) is 30.3 Å². The highest BCUT2D eigenvalue weighted by molar-refractivity contribution is 7.91. The van der Waals surface area contributed by atoms with Crippen LogP contribution in [0.1, 0.15) is 41.5 Å². The van der Waals surface area contributed by atoms with Crippen LogP contribution in [0.25, 0.3) is 0 Å². The van der Waals surface area contributed by atoms with E-state index in [0.717, 1.165) is 18.2 Å². The van der Waals surface area contributed by atoms with Crippen LogP contribution >= 0.6 is 0 Å². The minimum absolute atomic E-state index is 0.0620. The molecule has 0 fully saturated rings. The fourth-order valence-corrected chi connectivity index (χ4v) is 5.12. The van der Waals surface area contributed by atoms with Crippen molar-refractivity contribution in [3.8, 4) is 0 Å². The predicted octanol–water partition coefficient (Wildman–Crippen LogP) is 5.05. The molecule has 0 atom stereocenters. The highest BCUT2D eigenvalue weighted by Crippen LogP contribution is 2.37. The zero-order valence-electron chi connectivity index (χ0n) is 17.0. The van der Waals surface area contributed by atoms with Gasteiger partial charge in [0.2, 0.25) is 9.84 Å². The smallest absolute Gasteiger partial charge is 0.256 e. The van der Waals surface area contributed by atoms with Gasteiger partial charge in [0.15, 0.2) is 0 Å². The van der Waals surface area contributed by atoms with Crippen LogP contribution in [-0.2, 0) is 9.84 Å². The van der Waals surface area contributed by atoms with Gasteiger partial charge in [-0.1, -0.05) is 6.07 Å². The third-order valence-corrected chi connectivity index (χ3v) is 6.86. The molecule has 0 saturated carbocycles. The number of aromatic nitrogens is 1. The number of carbonyl (C=O) groups is 1. The molecule has 0 bridgehead atoms. The van der Waals surface area contributed by atoms with Crippen LogP contribution in [-0.4, -0.2) is 18.9 Å². The van der Waals surface area contributed by atoms with Gasteiger partial charge in [-0.3, -0.25) is 4.79 Å². The van der Waals surface area contributed by atoms with E-state index in [9.17, 15) is 22.0 Å². The quantitative estimate of drug-likeness (QED) is 0.574. The molecule has 2 aromatic carbocycles. The van der Waals surface area contributed by atoms with Crippen molar-refractivity contribution in [1.82, 2.24) is 4.57 Å². The summed E-state index contributed by atoms with van der Waals surface area (Å²) in [5.74, 6) is -1.67. The van der Waals surface area contributed by atoms with Crippen molar-refractivity contribution in [3.63, 3.8) is 0 Å². The lowest BCUT2D eigenvalue weighted by atomic mass is 10.2. The summed E-state index contributed by atoms with van der Waals surface area (Å²) in [6.45, 7) is 7.14. The predicted molar refractivity (Wildman–Crippen MR) is 110 cm³/mol. The Morgan fingerprint density at radius 1 is 1.00 bits per heavy atom. The number of halogens is 2. The summed E-state index contributed by atoms with van der Waals surface area (Å²) >= 11 is 0. The number of amides is 1. The molecule has 1 N–H and O–H groups in total. The minimum Gasteiger partial charge on any atom is -0.328 e. The first-order valence-corrected chi connectivity index (χ1v) is 10.8. The van der Waals surface area contributed by atoms with E-state index in [0.29, 0.717) is 11.3 Å². The monoisotopic (exact) mass is 432 g/mol. The number of benzene rings is 2. The summed E-state index contributed by atoms with van der Waals surface area (Å²) in [6.07, 6.45) is 0. The van der Waals surface area contributed by atoms with Crippen molar-refractivity contribution in [2.24, 2.45) is 0 Å². The molecule has 5 nitrogen and oxygen atoms in total. The number of carbonyl (C=O) groups excluding carboxylic acids is 1. The molecule has 1 amide bonds. The summed E-state index contributed by atoms with van der Waals surface area (Å²) < 4.78 is 55.4. The maximum Gasteiger partial charge on any atom is 0.256 e. The van der Waals surface area contributed by atoms with Crippen molar-refractivity contribution in [1.29, 1.82) is 0 Å². The van der Waals surface area contributed by atoms with Crippen molar-refractivity contribution in [2.75, 3.05) is 5.32 Å². The maximum absolute atomic E-state index is 13.6. The van der Waals surface area contributed by atoms with E-state index in [1.807, 2.05) is 13.8 Å². The largest absolute Gasteiger partial charge is 0.328 e. The summed E-state index contributed by atoms with van der Waals surface area (Å²) in [4.78, 5) is 12.6. The molecular weight excluding hydrogens is 410 g/mol. The van der Waals surface area contributed by atoms with Crippen LogP contribution in [0.5, 0.6) is 0 Å². The van der Waals surface area contributed by atoms with Gasteiger partial charge < -0.3 is 9.88 Å². The number of anilines is 1. The molecule has 0 unspecified atom stereocenters. The topological polar surface area (TPSA) is 68.2 Å². The molecule has 3 rings (SSSR count). The van der Waals surface area contributed by atoms with E-state index in [4.69, 9.17) is 0 Å². The average Bonchev–Trinajstić information content (AvgIpc) is 2.92. The first-order valence-electron chi connectivity index (χ1n) is 9.33. The Morgan fingerprint density at radius 3 is 2.20 bits per heavy atom. The zero-order valence-corrected chi connectivity index (χ0v) is 17.8. The highest BCUT2D eigenvalue weighted by atomic mass is 32.2. The van der Waals surface area contributed by atoms with Crippen LogP contribution in [0.2, 0.25) is 0 Å². The van der Waals surface area contributed by atoms with E-state index < -0.39 is 27.4 Å². The Kier molecular flexibility index (Phi) is 5.81. The van der Waals surface area contributed by atoms with Crippen LogP contribution < -0.4 is 5.32 Å². The van der Waals surface area contributed by atoms with Crippen molar-refractivity contribution < 1.29 is 22.0 Å². The number of nitrogens with one attached hydrogen (secondary N) is 1. The number of sulfone groups is 1. The lowest BCUT2D eigenvalue weighted by Gasteiger charge is -2.17. The summed E-state index contributed by atoms with van der Waals surface area (Å²) in [6, 6.07) is 9.47. The van der Waals surface area contributed by atoms with Crippen molar-refractivity contribution >= 4 is 21.6 Å². The van der Waals surface area contributed by atoms with Crippen molar-refractivity contribution in [3.05, 3.63) is 77.0 Å². The highest BCUT2D eigenvalue weighted by Gasteiger charge is 2.31. The van der Waals surface area contributed by atoms with E-state index in [1.54, 1.807) is 18.4 Å². The summed E-state index contributed by atoms with van der Waals surface area (Å²) in [5.41, 5.74) is 1.20. The molecule has 0 saturated heterocycles. The van der Waals surface area contributed by atoms with Gasteiger partial charge in [0.05, 0.1) is 4.90 Å². The molecule has 1 aromatic heterocycles. The molecule has 0 spiro atoms. The van der Waals surface area contributed by atoms with Gasteiger partial charge in [0, 0.05) is 17.3 Å². The minimum atomic E-state index is -4.06. The number of hydrogen-bond acceptors (Lipinski definition) is 3. The van der Waals surface area contributed by atoms with Gasteiger partial charge in [0.1, 0.15) is 22.3 Å². The molecule has 0 aliphatic rings. The van der Waals surface area contributed by atoms with Gasteiger partial charge in [-0.05, 0) is 75.7 Å². The first kappa shape index (κ1) is 21.7. The molecule has 1 heterocycles. The first-order chi connectivity index (χ1) is 14.0. The standard InChI is InChI=1S/C22H22F2N2O3S/c1-13(2)26-15(4)14(3)20(30(28,29)19-10-8-17(23)9-11-19)21(26)25-22(27)16-6-5-7-18(24)12-16/h5-13H,1-4H3,(H,25,27). The molecule has 0 radical (unpaired) electrons. The van der Waals surface area contributed by atoms with Gasteiger partial charge in [-0.25, -0.2) is 17.2 Å². The second-order valence-electron chi connectivity index (χ2n) is 7.27. The van der Waals surface area contributed by atoms with Crippen LogP contribution in [0.3, 0.4) is 0 Å². The Bertz CT molecular complexity index is 1210. The molecule has 3 aromatic rings. The third kappa shape index (κ3) is 3.87. The summed E-state index contributed by atoms with van der Waals surface area (Å²) in [7, 11) is -4.06. The summed E-state index contributed by atoms with van der Waals surface area (Å²) in [5, 5.41) is 2.66. The fourth-order valence-electron chi connectivity index (χ4n) is 3.43. The van der Waals surface area contributed by atoms with E-state index in [2.05, 4.69) is 5.32 Å². The number of nitrogens with zero attached hydrogens (tertiary/aromatic N) is 1. The second kappa shape index (κ2) is 8.02.